The lowest BCUT2D eigenvalue weighted by Gasteiger charge is -2.34. The first-order valence-corrected chi connectivity index (χ1v) is 7.05. The standard InChI is InChI=1S/C14H25N3O/c1-3-18-10-4-9-17-12-16-11-13(17)14(2)5-7-15-8-6-14/h11-12,15H,3-10H2,1-2H3. The van der Waals surface area contributed by atoms with Gasteiger partial charge in [0, 0.05) is 37.1 Å². The molecule has 0 radical (unpaired) electrons. The topological polar surface area (TPSA) is 39.1 Å². The predicted molar refractivity (Wildman–Crippen MR) is 72.8 cm³/mol. The fourth-order valence-corrected chi connectivity index (χ4v) is 2.72. The van der Waals surface area contributed by atoms with Gasteiger partial charge in [-0.1, -0.05) is 6.92 Å². The van der Waals surface area contributed by atoms with Gasteiger partial charge in [0.1, 0.15) is 0 Å². The molecule has 1 aromatic rings. The Bertz CT molecular complexity index is 356. The summed E-state index contributed by atoms with van der Waals surface area (Å²) >= 11 is 0. The maximum absolute atomic E-state index is 5.40. The number of imidazole rings is 1. The maximum Gasteiger partial charge on any atom is 0.0948 e. The Morgan fingerprint density at radius 1 is 1.44 bits per heavy atom. The molecule has 1 aliphatic rings. The van der Waals surface area contributed by atoms with E-state index in [4.69, 9.17) is 4.74 Å². The molecule has 0 aliphatic carbocycles. The van der Waals surface area contributed by atoms with Gasteiger partial charge in [-0.15, -0.1) is 0 Å². The molecule has 102 valence electrons. The number of piperidine rings is 1. The van der Waals surface area contributed by atoms with Crippen molar-refractivity contribution >= 4 is 0 Å². The highest BCUT2D eigenvalue weighted by molar-refractivity contribution is 5.15. The molecular formula is C14H25N3O. The van der Waals surface area contributed by atoms with Gasteiger partial charge in [0.15, 0.2) is 0 Å². The van der Waals surface area contributed by atoms with Crippen molar-refractivity contribution in [2.75, 3.05) is 26.3 Å². The summed E-state index contributed by atoms with van der Waals surface area (Å²) in [7, 11) is 0. The molecule has 1 fully saturated rings. The van der Waals surface area contributed by atoms with E-state index in [0.29, 0.717) is 0 Å². The van der Waals surface area contributed by atoms with Crippen molar-refractivity contribution in [2.24, 2.45) is 0 Å². The Hall–Kier alpha value is -0.870. The number of aromatic nitrogens is 2. The number of nitrogens with zero attached hydrogens (tertiary/aromatic N) is 2. The number of rotatable bonds is 6. The molecule has 2 heterocycles. The molecule has 1 aromatic heterocycles. The average Bonchev–Trinajstić information content (AvgIpc) is 2.85. The third-order valence-corrected chi connectivity index (χ3v) is 3.93. The molecule has 0 unspecified atom stereocenters. The summed E-state index contributed by atoms with van der Waals surface area (Å²) in [6.07, 6.45) is 7.47. The maximum atomic E-state index is 5.40. The number of ether oxygens (including phenoxy) is 1. The molecule has 1 saturated heterocycles. The lowest BCUT2D eigenvalue weighted by Crippen LogP contribution is -2.39. The summed E-state index contributed by atoms with van der Waals surface area (Å²) in [5.74, 6) is 0. The lowest BCUT2D eigenvalue weighted by atomic mass is 9.78. The molecular weight excluding hydrogens is 226 g/mol. The van der Waals surface area contributed by atoms with E-state index in [2.05, 4.69) is 21.8 Å². The van der Waals surface area contributed by atoms with Gasteiger partial charge < -0.3 is 14.6 Å². The van der Waals surface area contributed by atoms with Crippen LogP contribution in [0.25, 0.3) is 0 Å². The highest BCUT2D eigenvalue weighted by atomic mass is 16.5. The Labute approximate surface area is 110 Å². The minimum Gasteiger partial charge on any atom is -0.382 e. The quantitative estimate of drug-likeness (QED) is 0.785. The minimum atomic E-state index is 0.285. The van der Waals surface area contributed by atoms with Gasteiger partial charge in [0.05, 0.1) is 6.33 Å². The van der Waals surface area contributed by atoms with Crippen molar-refractivity contribution in [1.29, 1.82) is 0 Å². The highest BCUT2D eigenvalue weighted by Crippen LogP contribution is 2.32. The largest absolute Gasteiger partial charge is 0.382 e. The zero-order chi connectivity index (χ0) is 12.8. The van der Waals surface area contributed by atoms with Crippen molar-refractivity contribution in [3.8, 4) is 0 Å². The van der Waals surface area contributed by atoms with E-state index in [-0.39, 0.29) is 5.41 Å². The third kappa shape index (κ3) is 3.12. The van der Waals surface area contributed by atoms with E-state index >= 15 is 0 Å². The summed E-state index contributed by atoms with van der Waals surface area (Å²) in [5.41, 5.74) is 1.67. The molecule has 4 nitrogen and oxygen atoms in total. The Morgan fingerprint density at radius 3 is 2.94 bits per heavy atom. The summed E-state index contributed by atoms with van der Waals surface area (Å²) in [5, 5.41) is 3.43. The second-order valence-corrected chi connectivity index (χ2v) is 5.33. The van der Waals surface area contributed by atoms with E-state index in [0.717, 1.165) is 39.3 Å². The molecule has 18 heavy (non-hydrogen) atoms. The molecule has 4 heteroatoms. The molecule has 1 aliphatic heterocycles. The van der Waals surface area contributed by atoms with Crippen molar-refractivity contribution in [3.63, 3.8) is 0 Å². The molecule has 2 rings (SSSR count). The van der Waals surface area contributed by atoms with Gasteiger partial charge in [-0.3, -0.25) is 0 Å². The monoisotopic (exact) mass is 251 g/mol. The molecule has 0 bridgehead atoms. The average molecular weight is 251 g/mol. The van der Waals surface area contributed by atoms with Crippen LogP contribution in [0.1, 0.15) is 38.8 Å². The van der Waals surface area contributed by atoms with Gasteiger partial charge in [-0.05, 0) is 39.3 Å². The van der Waals surface area contributed by atoms with E-state index < -0.39 is 0 Å². The van der Waals surface area contributed by atoms with Crippen LogP contribution in [0.4, 0.5) is 0 Å². The van der Waals surface area contributed by atoms with Crippen LogP contribution in [-0.2, 0) is 16.7 Å². The van der Waals surface area contributed by atoms with Crippen LogP contribution >= 0.6 is 0 Å². The fourth-order valence-electron chi connectivity index (χ4n) is 2.72. The molecule has 0 aromatic carbocycles. The Kier molecular flexibility index (Phi) is 4.78. The van der Waals surface area contributed by atoms with Gasteiger partial charge >= 0.3 is 0 Å². The van der Waals surface area contributed by atoms with Gasteiger partial charge in [-0.2, -0.15) is 0 Å². The van der Waals surface area contributed by atoms with Crippen LogP contribution in [0.5, 0.6) is 0 Å². The molecule has 0 amide bonds. The first-order valence-electron chi connectivity index (χ1n) is 7.05. The SMILES string of the molecule is CCOCCCn1cncc1C1(C)CCNCC1. The van der Waals surface area contributed by atoms with Gasteiger partial charge in [-0.25, -0.2) is 4.98 Å². The van der Waals surface area contributed by atoms with Crippen LogP contribution < -0.4 is 5.32 Å². The summed E-state index contributed by atoms with van der Waals surface area (Å²) in [6.45, 7) is 9.29. The van der Waals surface area contributed by atoms with Crippen molar-refractivity contribution < 1.29 is 4.74 Å². The zero-order valence-corrected chi connectivity index (χ0v) is 11.6. The van der Waals surface area contributed by atoms with Crippen molar-refractivity contribution in [1.82, 2.24) is 14.9 Å². The Balaban J connectivity index is 1.98. The third-order valence-electron chi connectivity index (χ3n) is 3.93. The number of aryl methyl sites for hydroxylation is 1. The smallest absolute Gasteiger partial charge is 0.0948 e. The van der Waals surface area contributed by atoms with Crippen LogP contribution in [0, 0.1) is 0 Å². The molecule has 1 N–H and O–H groups in total. The first kappa shape index (κ1) is 13.6. The van der Waals surface area contributed by atoms with Crippen molar-refractivity contribution in [2.45, 2.75) is 45.1 Å². The molecule has 0 spiro atoms. The second kappa shape index (κ2) is 6.34. The number of nitrogens with one attached hydrogen (secondary N) is 1. The van der Waals surface area contributed by atoms with Crippen LogP contribution in [-0.4, -0.2) is 35.9 Å². The fraction of sp³-hybridized carbons (Fsp3) is 0.786. The predicted octanol–water partition coefficient (Wildman–Crippen LogP) is 1.95. The number of hydrogen-bond acceptors (Lipinski definition) is 3. The minimum absolute atomic E-state index is 0.285. The van der Waals surface area contributed by atoms with Crippen LogP contribution in [0.15, 0.2) is 12.5 Å². The van der Waals surface area contributed by atoms with Crippen LogP contribution in [0.2, 0.25) is 0 Å². The molecule has 0 atom stereocenters. The van der Waals surface area contributed by atoms with Crippen LogP contribution in [0.3, 0.4) is 0 Å². The van der Waals surface area contributed by atoms with E-state index in [9.17, 15) is 0 Å². The van der Waals surface area contributed by atoms with Crippen molar-refractivity contribution in [3.05, 3.63) is 18.2 Å². The van der Waals surface area contributed by atoms with E-state index in [1.807, 2.05) is 19.4 Å². The first-order chi connectivity index (χ1) is 8.76. The Morgan fingerprint density at radius 2 is 2.22 bits per heavy atom. The summed E-state index contributed by atoms with van der Waals surface area (Å²) < 4.78 is 7.71. The van der Waals surface area contributed by atoms with Gasteiger partial charge in [0.25, 0.3) is 0 Å². The highest BCUT2D eigenvalue weighted by Gasteiger charge is 2.31. The second-order valence-electron chi connectivity index (χ2n) is 5.33. The summed E-state index contributed by atoms with van der Waals surface area (Å²) in [6, 6.07) is 0. The zero-order valence-electron chi connectivity index (χ0n) is 11.6. The van der Waals surface area contributed by atoms with E-state index in [1.165, 1.54) is 18.5 Å². The number of hydrogen-bond donors (Lipinski definition) is 1. The van der Waals surface area contributed by atoms with E-state index in [1.54, 1.807) is 0 Å². The summed E-state index contributed by atoms with van der Waals surface area (Å²) in [4.78, 5) is 4.34. The molecule has 0 saturated carbocycles. The lowest BCUT2D eigenvalue weighted by molar-refractivity contribution is 0.141. The normalized spacial score (nSPS) is 19.0. The van der Waals surface area contributed by atoms with Gasteiger partial charge in [0.2, 0.25) is 0 Å².